The highest BCUT2D eigenvalue weighted by molar-refractivity contribution is 5.86. The van der Waals surface area contributed by atoms with E-state index in [0.29, 0.717) is 13.0 Å². The fraction of sp³-hybridized carbons (Fsp3) is 0.800. The summed E-state index contributed by atoms with van der Waals surface area (Å²) in [5, 5.41) is 5.66. The fourth-order valence-electron chi connectivity index (χ4n) is 1.19. The molecular weight excluding hydrogens is 194 g/mol. The van der Waals surface area contributed by atoms with Crippen LogP contribution in [-0.2, 0) is 9.59 Å². The maximum absolute atomic E-state index is 11.4. The van der Waals surface area contributed by atoms with Crippen molar-refractivity contribution in [3.8, 4) is 0 Å². The van der Waals surface area contributed by atoms with Gasteiger partial charge in [0.2, 0.25) is 11.8 Å². The standard InChI is InChI=1S/C10H21N3O2/c1-4-12-6-5-8(14)13-9(7(2)3)10(11)15/h7,9,12H,4-6H2,1-3H3,(H2,11,15)(H,13,14). The third-order valence-corrected chi connectivity index (χ3v) is 2.07. The number of nitrogens with one attached hydrogen (secondary N) is 2. The molecule has 88 valence electrons. The maximum atomic E-state index is 11.4. The molecule has 5 heteroatoms. The number of primary amides is 1. The molecule has 0 saturated heterocycles. The van der Waals surface area contributed by atoms with Crippen molar-refractivity contribution in [2.45, 2.75) is 33.2 Å². The molecule has 0 rings (SSSR count). The number of amides is 2. The second-order valence-corrected chi connectivity index (χ2v) is 3.80. The van der Waals surface area contributed by atoms with Gasteiger partial charge in [-0.25, -0.2) is 0 Å². The molecule has 0 spiro atoms. The lowest BCUT2D eigenvalue weighted by Gasteiger charge is -2.18. The molecule has 0 fully saturated rings. The van der Waals surface area contributed by atoms with Gasteiger partial charge in [-0.15, -0.1) is 0 Å². The first-order valence-electron chi connectivity index (χ1n) is 5.28. The van der Waals surface area contributed by atoms with Gasteiger partial charge in [-0.2, -0.15) is 0 Å². The molecule has 15 heavy (non-hydrogen) atoms. The SMILES string of the molecule is CCNCCC(=O)NC(C(N)=O)C(C)C. The van der Waals surface area contributed by atoms with Gasteiger partial charge in [-0.3, -0.25) is 9.59 Å². The quantitative estimate of drug-likeness (QED) is 0.506. The zero-order valence-corrected chi connectivity index (χ0v) is 9.67. The van der Waals surface area contributed by atoms with E-state index in [9.17, 15) is 9.59 Å². The van der Waals surface area contributed by atoms with Crippen molar-refractivity contribution in [2.24, 2.45) is 11.7 Å². The third-order valence-electron chi connectivity index (χ3n) is 2.07. The molecule has 1 unspecified atom stereocenters. The molecule has 0 heterocycles. The average molecular weight is 215 g/mol. The zero-order valence-electron chi connectivity index (χ0n) is 9.67. The van der Waals surface area contributed by atoms with Crippen LogP contribution >= 0.6 is 0 Å². The number of hydrogen-bond acceptors (Lipinski definition) is 3. The molecule has 0 radical (unpaired) electrons. The predicted molar refractivity (Wildman–Crippen MR) is 59.1 cm³/mol. The van der Waals surface area contributed by atoms with Gasteiger partial charge >= 0.3 is 0 Å². The molecule has 4 N–H and O–H groups in total. The van der Waals surface area contributed by atoms with Crippen LogP contribution < -0.4 is 16.4 Å². The first-order valence-corrected chi connectivity index (χ1v) is 5.28. The summed E-state index contributed by atoms with van der Waals surface area (Å²) in [7, 11) is 0. The third kappa shape index (κ3) is 6.06. The van der Waals surface area contributed by atoms with E-state index >= 15 is 0 Å². The molecule has 0 aliphatic rings. The van der Waals surface area contributed by atoms with Crippen LogP contribution in [0.1, 0.15) is 27.2 Å². The molecule has 2 amide bonds. The lowest BCUT2D eigenvalue weighted by molar-refractivity contribution is -0.128. The van der Waals surface area contributed by atoms with Gasteiger partial charge in [0, 0.05) is 13.0 Å². The Kier molecular flexibility index (Phi) is 6.70. The Hall–Kier alpha value is -1.10. The Morgan fingerprint density at radius 1 is 1.33 bits per heavy atom. The first-order chi connectivity index (χ1) is 6.99. The number of rotatable bonds is 7. The molecule has 0 aromatic heterocycles. The lowest BCUT2D eigenvalue weighted by atomic mass is 10.0. The highest BCUT2D eigenvalue weighted by Crippen LogP contribution is 2.00. The van der Waals surface area contributed by atoms with Crippen molar-refractivity contribution in [3.05, 3.63) is 0 Å². The number of nitrogens with two attached hydrogens (primary N) is 1. The summed E-state index contributed by atoms with van der Waals surface area (Å²) in [6, 6.07) is -0.570. The fourth-order valence-corrected chi connectivity index (χ4v) is 1.19. The monoisotopic (exact) mass is 215 g/mol. The summed E-state index contributed by atoms with van der Waals surface area (Å²) in [5.74, 6) is -0.610. The van der Waals surface area contributed by atoms with Crippen molar-refractivity contribution in [1.82, 2.24) is 10.6 Å². The minimum atomic E-state index is -0.570. The van der Waals surface area contributed by atoms with Crippen molar-refractivity contribution in [3.63, 3.8) is 0 Å². The van der Waals surface area contributed by atoms with Gasteiger partial charge in [0.25, 0.3) is 0 Å². The second-order valence-electron chi connectivity index (χ2n) is 3.80. The maximum Gasteiger partial charge on any atom is 0.240 e. The Morgan fingerprint density at radius 3 is 2.33 bits per heavy atom. The van der Waals surface area contributed by atoms with E-state index in [-0.39, 0.29) is 11.8 Å². The summed E-state index contributed by atoms with van der Waals surface area (Å²) in [6.45, 7) is 7.11. The molecule has 1 atom stereocenters. The summed E-state index contributed by atoms with van der Waals surface area (Å²) in [5.41, 5.74) is 5.17. The van der Waals surface area contributed by atoms with Crippen LogP contribution in [0.5, 0.6) is 0 Å². The largest absolute Gasteiger partial charge is 0.368 e. The van der Waals surface area contributed by atoms with E-state index in [1.54, 1.807) is 0 Å². The minimum absolute atomic E-state index is 0.0191. The van der Waals surface area contributed by atoms with Gasteiger partial charge in [0.15, 0.2) is 0 Å². The second kappa shape index (κ2) is 7.23. The van der Waals surface area contributed by atoms with Crippen LogP contribution in [0.15, 0.2) is 0 Å². The van der Waals surface area contributed by atoms with Gasteiger partial charge in [0.1, 0.15) is 6.04 Å². The number of carbonyl (C=O) groups excluding carboxylic acids is 2. The normalized spacial score (nSPS) is 12.5. The molecule has 0 aliphatic carbocycles. The molecule has 0 bridgehead atoms. The first kappa shape index (κ1) is 13.9. The summed E-state index contributed by atoms with van der Waals surface area (Å²) < 4.78 is 0. The highest BCUT2D eigenvalue weighted by Gasteiger charge is 2.20. The van der Waals surface area contributed by atoms with Crippen LogP contribution in [0.25, 0.3) is 0 Å². The summed E-state index contributed by atoms with van der Waals surface area (Å²) >= 11 is 0. The number of hydrogen-bond donors (Lipinski definition) is 3. The summed E-state index contributed by atoms with van der Waals surface area (Å²) in [4.78, 5) is 22.4. The van der Waals surface area contributed by atoms with Gasteiger partial charge in [-0.1, -0.05) is 20.8 Å². The predicted octanol–water partition coefficient (Wildman–Crippen LogP) is -0.388. The van der Waals surface area contributed by atoms with Crippen LogP contribution in [-0.4, -0.2) is 30.9 Å². The molecule has 0 aliphatic heterocycles. The van der Waals surface area contributed by atoms with E-state index in [4.69, 9.17) is 5.73 Å². The van der Waals surface area contributed by atoms with Crippen LogP contribution in [0, 0.1) is 5.92 Å². The topological polar surface area (TPSA) is 84.2 Å². The molecule has 0 aromatic rings. The highest BCUT2D eigenvalue weighted by atomic mass is 16.2. The smallest absolute Gasteiger partial charge is 0.240 e. The van der Waals surface area contributed by atoms with E-state index < -0.39 is 11.9 Å². The number of carbonyl (C=O) groups is 2. The van der Waals surface area contributed by atoms with Crippen LogP contribution in [0.4, 0.5) is 0 Å². The lowest BCUT2D eigenvalue weighted by Crippen LogP contribution is -2.48. The Labute approximate surface area is 90.8 Å². The average Bonchev–Trinajstić information content (AvgIpc) is 2.13. The van der Waals surface area contributed by atoms with Crippen LogP contribution in [0.3, 0.4) is 0 Å². The van der Waals surface area contributed by atoms with Crippen molar-refractivity contribution in [1.29, 1.82) is 0 Å². The Bertz CT molecular complexity index is 217. The van der Waals surface area contributed by atoms with E-state index in [2.05, 4.69) is 10.6 Å². The minimum Gasteiger partial charge on any atom is -0.368 e. The Balaban J connectivity index is 3.95. The van der Waals surface area contributed by atoms with Crippen molar-refractivity contribution < 1.29 is 9.59 Å². The van der Waals surface area contributed by atoms with Crippen molar-refractivity contribution in [2.75, 3.05) is 13.1 Å². The van der Waals surface area contributed by atoms with E-state index in [0.717, 1.165) is 6.54 Å². The van der Waals surface area contributed by atoms with Crippen molar-refractivity contribution >= 4 is 11.8 Å². The Morgan fingerprint density at radius 2 is 1.93 bits per heavy atom. The van der Waals surface area contributed by atoms with Gasteiger partial charge in [-0.05, 0) is 12.5 Å². The molecule has 0 saturated carbocycles. The molecule has 5 nitrogen and oxygen atoms in total. The van der Waals surface area contributed by atoms with E-state index in [1.165, 1.54) is 0 Å². The van der Waals surface area contributed by atoms with Gasteiger partial charge < -0.3 is 16.4 Å². The summed E-state index contributed by atoms with van der Waals surface area (Å²) in [6.07, 6.45) is 0.365. The molecular formula is C10H21N3O2. The molecule has 0 aromatic carbocycles. The zero-order chi connectivity index (χ0) is 11.8. The van der Waals surface area contributed by atoms with Crippen LogP contribution in [0.2, 0.25) is 0 Å². The van der Waals surface area contributed by atoms with Gasteiger partial charge in [0.05, 0.1) is 0 Å². The van der Waals surface area contributed by atoms with E-state index in [1.807, 2.05) is 20.8 Å².